The molecule has 0 heterocycles. The van der Waals surface area contributed by atoms with Gasteiger partial charge in [-0.3, -0.25) is 14.9 Å². The maximum atomic E-state index is 10.9. The Bertz CT molecular complexity index is 627. The van der Waals surface area contributed by atoms with Crippen LogP contribution in [-0.2, 0) is 11.3 Å². The average Bonchev–Trinajstić information content (AvgIpc) is 2.52. The lowest BCUT2D eigenvalue weighted by Gasteiger charge is -2.08. The Morgan fingerprint density at radius 1 is 1.14 bits per heavy atom. The molecule has 0 radical (unpaired) electrons. The first kappa shape index (κ1) is 14.7. The number of benzene rings is 2. The number of aldehydes is 1. The molecule has 0 spiro atoms. The Kier molecular flexibility index (Phi) is 5.00. The summed E-state index contributed by atoms with van der Waals surface area (Å²) in [7, 11) is 0. The number of nitro benzene ring substituents is 1. The van der Waals surface area contributed by atoms with Crippen LogP contribution in [0.15, 0.2) is 48.5 Å². The van der Waals surface area contributed by atoms with E-state index in [2.05, 4.69) is 0 Å². The topological polar surface area (TPSA) is 78.7 Å². The molecule has 0 N–H and O–H groups in total. The zero-order chi connectivity index (χ0) is 15.1. The van der Waals surface area contributed by atoms with Gasteiger partial charge in [0.15, 0.2) is 12.5 Å². The molecule has 0 bridgehead atoms. The number of carbonyl (C=O) groups is 1. The highest BCUT2D eigenvalue weighted by Crippen LogP contribution is 2.27. The van der Waals surface area contributed by atoms with E-state index in [9.17, 15) is 14.9 Å². The fraction of sp³-hybridized carbons (Fsp3) is 0.133. The summed E-state index contributed by atoms with van der Waals surface area (Å²) in [5.41, 5.74) is 0.939. The average molecular weight is 287 g/mol. The zero-order valence-electron chi connectivity index (χ0n) is 11.1. The van der Waals surface area contributed by atoms with Crippen LogP contribution >= 0.6 is 0 Å². The van der Waals surface area contributed by atoms with Crippen molar-refractivity contribution in [2.24, 2.45) is 0 Å². The minimum Gasteiger partial charge on any atom is -0.460 e. The van der Waals surface area contributed by atoms with E-state index in [1.165, 1.54) is 18.2 Å². The molecular formula is C15H13NO5. The predicted molar refractivity (Wildman–Crippen MR) is 75.2 cm³/mol. The third kappa shape index (κ3) is 4.12. The Labute approximate surface area is 121 Å². The summed E-state index contributed by atoms with van der Waals surface area (Å²) in [6.07, 6.45) is 0.544. The third-order valence-electron chi connectivity index (χ3n) is 2.73. The SMILES string of the molecule is O=Cc1ccc(OCOCc2ccccc2)c([N+](=O)[O-])c1. The van der Waals surface area contributed by atoms with Gasteiger partial charge in [-0.05, 0) is 17.7 Å². The van der Waals surface area contributed by atoms with E-state index in [1.807, 2.05) is 30.3 Å². The fourth-order valence-electron chi connectivity index (χ4n) is 1.71. The van der Waals surface area contributed by atoms with Crippen molar-refractivity contribution in [1.82, 2.24) is 0 Å². The minimum atomic E-state index is -0.598. The number of rotatable bonds is 7. The molecule has 0 saturated heterocycles. The Morgan fingerprint density at radius 3 is 2.57 bits per heavy atom. The van der Waals surface area contributed by atoms with E-state index in [4.69, 9.17) is 9.47 Å². The molecule has 2 aromatic carbocycles. The molecule has 0 aliphatic rings. The molecule has 0 amide bonds. The lowest BCUT2D eigenvalue weighted by molar-refractivity contribution is -0.386. The van der Waals surface area contributed by atoms with Crippen LogP contribution in [-0.4, -0.2) is 18.0 Å². The van der Waals surface area contributed by atoms with E-state index in [1.54, 1.807) is 0 Å². The molecule has 0 saturated carbocycles. The third-order valence-corrected chi connectivity index (χ3v) is 2.73. The van der Waals surface area contributed by atoms with Gasteiger partial charge in [-0.15, -0.1) is 0 Å². The maximum absolute atomic E-state index is 10.9. The summed E-state index contributed by atoms with van der Waals surface area (Å²) < 4.78 is 10.5. The number of nitrogens with zero attached hydrogens (tertiary/aromatic N) is 1. The monoisotopic (exact) mass is 287 g/mol. The van der Waals surface area contributed by atoms with Crippen molar-refractivity contribution in [3.8, 4) is 5.75 Å². The van der Waals surface area contributed by atoms with Crippen LogP contribution in [0, 0.1) is 10.1 Å². The van der Waals surface area contributed by atoms with Gasteiger partial charge >= 0.3 is 5.69 Å². The van der Waals surface area contributed by atoms with E-state index < -0.39 is 4.92 Å². The van der Waals surface area contributed by atoms with Crippen LogP contribution in [0.2, 0.25) is 0 Å². The molecule has 6 nitrogen and oxygen atoms in total. The van der Waals surface area contributed by atoms with Gasteiger partial charge in [-0.25, -0.2) is 0 Å². The second kappa shape index (κ2) is 7.16. The molecule has 0 aliphatic heterocycles. The predicted octanol–water partition coefficient (Wildman–Crippen LogP) is 2.96. The second-order valence-electron chi connectivity index (χ2n) is 4.20. The molecule has 0 aliphatic carbocycles. The summed E-state index contributed by atoms with van der Waals surface area (Å²) >= 11 is 0. The van der Waals surface area contributed by atoms with Crippen molar-refractivity contribution in [2.75, 3.05) is 6.79 Å². The van der Waals surface area contributed by atoms with Crippen LogP contribution in [0.4, 0.5) is 5.69 Å². The Balaban J connectivity index is 1.93. The van der Waals surface area contributed by atoms with Gasteiger partial charge in [-0.2, -0.15) is 0 Å². The molecule has 2 aromatic rings. The zero-order valence-corrected chi connectivity index (χ0v) is 11.1. The van der Waals surface area contributed by atoms with Crippen molar-refractivity contribution in [2.45, 2.75) is 6.61 Å². The summed E-state index contributed by atoms with van der Waals surface area (Å²) in [4.78, 5) is 20.9. The van der Waals surface area contributed by atoms with Crippen molar-refractivity contribution in [3.63, 3.8) is 0 Å². The number of carbonyl (C=O) groups excluding carboxylic acids is 1. The minimum absolute atomic E-state index is 0.0682. The first-order valence-electron chi connectivity index (χ1n) is 6.19. The van der Waals surface area contributed by atoms with Gasteiger partial charge in [0.05, 0.1) is 11.5 Å². The standard InChI is InChI=1S/C15H13NO5/c17-9-13-6-7-15(14(8-13)16(18)19)21-11-20-10-12-4-2-1-3-5-12/h1-9H,10-11H2. The largest absolute Gasteiger partial charge is 0.460 e. The fourth-order valence-corrected chi connectivity index (χ4v) is 1.71. The first-order valence-corrected chi connectivity index (χ1v) is 6.19. The van der Waals surface area contributed by atoms with Crippen LogP contribution in [0.5, 0.6) is 5.75 Å². The van der Waals surface area contributed by atoms with Crippen molar-refractivity contribution >= 4 is 12.0 Å². The van der Waals surface area contributed by atoms with Gasteiger partial charge in [0, 0.05) is 11.6 Å². The van der Waals surface area contributed by atoms with Crippen molar-refractivity contribution < 1.29 is 19.2 Å². The summed E-state index contributed by atoms with van der Waals surface area (Å²) in [5, 5.41) is 10.9. The molecular weight excluding hydrogens is 274 g/mol. The highest BCUT2D eigenvalue weighted by Gasteiger charge is 2.15. The molecule has 2 rings (SSSR count). The summed E-state index contributed by atoms with van der Waals surface area (Å²) in [6.45, 7) is 0.233. The lowest BCUT2D eigenvalue weighted by atomic mass is 10.2. The highest BCUT2D eigenvalue weighted by atomic mass is 16.7. The molecule has 21 heavy (non-hydrogen) atoms. The van der Waals surface area contributed by atoms with E-state index in [-0.39, 0.29) is 23.8 Å². The van der Waals surface area contributed by atoms with Gasteiger partial charge in [0.2, 0.25) is 0 Å². The highest BCUT2D eigenvalue weighted by molar-refractivity contribution is 5.77. The van der Waals surface area contributed by atoms with Crippen molar-refractivity contribution in [3.05, 3.63) is 69.8 Å². The lowest BCUT2D eigenvalue weighted by Crippen LogP contribution is -2.05. The molecule has 0 atom stereocenters. The molecule has 0 unspecified atom stereocenters. The molecule has 6 heteroatoms. The van der Waals surface area contributed by atoms with Crippen LogP contribution in [0.1, 0.15) is 15.9 Å². The van der Waals surface area contributed by atoms with Gasteiger partial charge in [0.1, 0.15) is 6.29 Å². The number of hydrogen-bond donors (Lipinski definition) is 0. The van der Waals surface area contributed by atoms with E-state index in [0.717, 1.165) is 5.56 Å². The molecule has 0 fully saturated rings. The normalized spacial score (nSPS) is 10.1. The van der Waals surface area contributed by atoms with Gasteiger partial charge in [-0.1, -0.05) is 30.3 Å². The van der Waals surface area contributed by atoms with Crippen molar-refractivity contribution in [1.29, 1.82) is 0 Å². The van der Waals surface area contributed by atoms with E-state index in [0.29, 0.717) is 12.9 Å². The quantitative estimate of drug-likeness (QED) is 0.257. The van der Waals surface area contributed by atoms with Gasteiger partial charge < -0.3 is 9.47 Å². The second-order valence-corrected chi connectivity index (χ2v) is 4.20. The summed E-state index contributed by atoms with van der Waals surface area (Å²) in [6, 6.07) is 13.5. The van der Waals surface area contributed by atoms with E-state index >= 15 is 0 Å². The maximum Gasteiger partial charge on any atom is 0.311 e. The van der Waals surface area contributed by atoms with Gasteiger partial charge in [0.25, 0.3) is 0 Å². The van der Waals surface area contributed by atoms with Crippen LogP contribution in [0.3, 0.4) is 0 Å². The molecule has 0 aromatic heterocycles. The first-order chi connectivity index (χ1) is 10.2. The number of hydrogen-bond acceptors (Lipinski definition) is 5. The number of nitro groups is 1. The number of ether oxygens (including phenoxy) is 2. The smallest absolute Gasteiger partial charge is 0.311 e. The molecule has 108 valence electrons. The Morgan fingerprint density at radius 2 is 1.90 bits per heavy atom. The van der Waals surface area contributed by atoms with Crippen LogP contribution < -0.4 is 4.74 Å². The summed E-state index contributed by atoms with van der Waals surface area (Å²) in [5.74, 6) is 0.0682. The van der Waals surface area contributed by atoms with Crippen LogP contribution in [0.25, 0.3) is 0 Å². The Hall–Kier alpha value is -2.73.